The first-order chi connectivity index (χ1) is 11.7. The molecule has 5 nitrogen and oxygen atoms in total. The van der Waals surface area contributed by atoms with Gasteiger partial charge in [-0.1, -0.05) is 6.58 Å². The highest BCUT2D eigenvalue weighted by molar-refractivity contribution is 5.89. The van der Waals surface area contributed by atoms with E-state index >= 15 is 0 Å². The van der Waals surface area contributed by atoms with E-state index in [1.807, 2.05) is 0 Å². The van der Waals surface area contributed by atoms with Crippen LogP contribution in [0.3, 0.4) is 0 Å². The van der Waals surface area contributed by atoms with Crippen molar-refractivity contribution < 1.29 is 58.9 Å². The van der Waals surface area contributed by atoms with Crippen LogP contribution in [0.4, 0.5) is 35.1 Å². The van der Waals surface area contributed by atoms with E-state index in [0.717, 1.165) is 0 Å². The van der Waals surface area contributed by atoms with Gasteiger partial charge in [-0.3, -0.25) is 0 Å². The molecule has 0 atom stereocenters. The van der Waals surface area contributed by atoms with Crippen LogP contribution in [0.15, 0.2) is 12.2 Å². The van der Waals surface area contributed by atoms with Crippen LogP contribution in [0.2, 0.25) is 0 Å². The highest BCUT2D eigenvalue weighted by atomic mass is 19.4. The van der Waals surface area contributed by atoms with Crippen molar-refractivity contribution in [3.63, 3.8) is 0 Å². The Morgan fingerprint density at radius 2 is 1.46 bits per heavy atom. The van der Waals surface area contributed by atoms with Gasteiger partial charge in [-0.15, -0.1) is 0 Å². The summed E-state index contributed by atoms with van der Waals surface area (Å²) in [6, 6.07) is 0. The lowest BCUT2D eigenvalue weighted by Crippen LogP contribution is -2.36. The number of esters is 2. The Balaban J connectivity index is 3.98. The molecule has 0 aliphatic rings. The number of carbonyl (C=O) groups is 2. The lowest BCUT2D eigenvalue weighted by atomic mass is 10.2. The summed E-state index contributed by atoms with van der Waals surface area (Å²) in [5, 5.41) is 0. The number of ether oxygens (including phenoxy) is 3. The van der Waals surface area contributed by atoms with E-state index in [9.17, 15) is 44.7 Å². The summed E-state index contributed by atoms with van der Waals surface area (Å²) in [6.07, 6.45) is -12.7. The number of carbonyl (C=O) groups excluding carboxylic acids is 2. The van der Waals surface area contributed by atoms with Crippen molar-refractivity contribution in [1.82, 2.24) is 0 Å². The second kappa shape index (κ2) is 9.69. The van der Waals surface area contributed by atoms with Gasteiger partial charge in [-0.05, 0) is 6.42 Å². The van der Waals surface area contributed by atoms with Gasteiger partial charge >= 0.3 is 30.2 Å². The topological polar surface area (TPSA) is 61.8 Å². The maximum Gasteiger partial charge on any atom is 0.453 e. The molecule has 0 radical (unpaired) electrons. The molecule has 0 N–H and O–H groups in total. The maximum atomic E-state index is 12.5. The fourth-order valence-corrected chi connectivity index (χ4v) is 1.24. The molecule has 152 valence electrons. The molecule has 0 fully saturated rings. The molecule has 0 bridgehead atoms. The number of hydrogen-bond acceptors (Lipinski definition) is 5. The molecule has 0 saturated heterocycles. The summed E-state index contributed by atoms with van der Waals surface area (Å²) in [4.78, 5) is 22.4. The van der Waals surface area contributed by atoms with E-state index in [4.69, 9.17) is 0 Å². The molecule has 13 heteroatoms. The van der Waals surface area contributed by atoms with Crippen LogP contribution in [0.5, 0.6) is 0 Å². The molecule has 0 heterocycles. The molecule has 0 amide bonds. The van der Waals surface area contributed by atoms with Crippen molar-refractivity contribution in [2.45, 2.75) is 31.1 Å². The van der Waals surface area contributed by atoms with E-state index < -0.39 is 75.1 Å². The highest BCUT2D eigenvalue weighted by Crippen LogP contribution is 2.38. The van der Waals surface area contributed by atoms with Crippen LogP contribution in [0, 0.1) is 0 Å². The standard InChI is InChI=1S/C13H14F8O5/c1-8(5-24-7-12(16,17)18)10(23)26-6-9(22)25-4-2-3-11(14,15)13(19,20)21/h1-7H2. The monoisotopic (exact) mass is 402 g/mol. The van der Waals surface area contributed by atoms with E-state index in [2.05, 4.69) is 20.8 Å². The molecule has 0 unspecified atom stereocenters. The lowest BCUT2D eigenvalue weighted by Gasteiger charge is -2.19. The molecule has 0 aromatic rings. The molecular weight excluding hydrogens is 388 g/mol. The van der Waals surface area contributed by atoms with Gasteiger partial charge in [0.1, 0.15) is 6.61 Å². The van der Waals surface area contributed by atoms with Crippen LogP contribution < -0.4 is 0 Å². The third-order valence-electron chi connectivity index (χ3n) is 2.46. The Kier molecular flexibility index (Phi) is 8.97. The molecule has 26 heavy (non-hydrogen) atoms. The summed E-state index contributed by atoms with van der Waals surface area (Å²) >= 11 is 0. The van der Waals surface area contributed by atoms with Gasteiger partial charge in [0.15, 0.2) is 6.61 Å². The predicted molar refractivity (Wildman–Crippen MR) is 68.2 cm³/mol. The quantitative estimate of drug-likeness (QED) is 0.243. The zero-order chi connectivity index (χ0) is 20.6. The smallest absolute Gasteiger partial charge is 0.453 e. The van der Waals surface area contributed by atoms with Crippen LogP contribution in [0.1, 0.15) is 12.8 Å². The summed E-state index contributed by atoms with van der Waals surface area (Å²) < 4.78 is 109. The Morgan fingerprint density at radius 3 is 1.96 bits per heavy atom. The lowest BCUT2D eigenvalue weighted by molar-refractivity contribution is -0.285. The number of halogens is 8. The Hall–Kier alpha value is -1.92. The number of alkyl halides is 8. The first kappa shape index (κ1) is 24.1. The van der Waals surface area contributed by atoms with E-state index in [1.165, 1.54) is 0 Å². The molecule has 0 aliphatic heterocycles. The largest absolute Gasteiger partial charge is 0.463 e. The molecule has 0 aromatic heterocycles. The fourth-order valence-electron chi connectivity index (χ4n) is 1.24. The fraction of sp³-hybridized carbons (Fsp3) is 0.692. The van der Waals surface area contributed by atoms with Crippen LogP contribution in [-0.2, 0) is 23.8 Å². The third-order valence-corrected chi connectivity index (χ3v) is 2.46. The zero-order valence-corrected chi connectivity index (χ0v) is 13.0. The van der Waals surface area contributed by atoms with Crippen molar-refractivity contribution in [2.75, 3.05) is 26.4 Å². The van der Waals surface area contributed by atoms with Crippen LogP contribution in [0.25, 0.3) is 0 Å². The molecule has 0 rings (SSSR count). The molecule has 0 aliphatic carbocycles. The summed E-state index contributed by atoms with van der Waals surface area (Å²) in [7, 11) is 0. The first-order valence-electron chi connectivity index (χ1n) is 6.75. The van der Waals surface area contributed by atoms with Crippen molar-refractivity contribution >= 4 is 11.9 Å². The van der Waals surface area contributed by atoms with E-state index in [0.29, 0.717) is 0 Å². The number of rotatable bonds is 10. The molecule has 0 spiro atoms. The normalized spacial score (nSPS) is 12.6. The highest BCUT2D eigenvalue weighted by Gasteiger charge is 2.56. The van der Waals surface area contributed by atoms with Gasteiger partial charge in [0, 0.05) is 6.42 Å². The second-order valence-electron chi connectivity index (χ2n) is 4.81. The van der Waals surface area contributed by atoms with Gasteiger partial charge < -0.3 is 14.2 Å². The average Bonchev–Trinajstić information content (AvgIpc) is 2.46. The van der Waals surface area contributed by atoms with Crippen LogP contribution >= 0.6 is 0 Å². The molecular formula is C13H14F8O5. The van der Waals surface area contributed by atoms with E-state index in [-0.39, 0.29) is 0 Å². The minimum atomic E-state index is -5.72. The first-order valence-corrected chi connectivity index (χ1v) is 6.75. The minimum absolute atomic E-state index is 0.535. The second-order valence-corrected chi connectivity index (χ2v) is 4.81. The van der Waals surface area contributed by atoms with Crippen molar-refractivity contribution in [1.29, 1.82) is 0 Å². The third kappa shape index (κ3) is 10.2. The SMILES string of the molecule is C=C(COCC(F)(F)F)C(=O)OCC(=O)OCCCC(F)(F)C(F)(F)F. The molecule has 0 saturated carbocycles. The summed E-state index contributed by atoms with van der Waals surface area (Å²) in [5.74, 6) is -7.45. The number of hydrogen-bond donors (Lipinski definition) is 0. The Bertz CT molecular complexity index is 498. The van der Waals surface area contributed by atoms with Gasteiger partial charge in [-0.25, -0.2) is 9.59 Å². The average molecular weight is 402 g/mol. The van der Waals surface area contributed by atoms with Crippen LogP contribution in [-0.4, -0.2) is 56.6 Å². The Labute approximate surface area is 141 Å². The van der Waals surface area contributed by atoms with Crippen molar-refractivity contribution in [3.05, 3.63) is 12.2 Å². The molecule has 0 aromatic carbocycles. The van der Waals surface area contributed by atoms with Crippen molar-refractivity contribution in [2.24, 2.45) is 0 Å². The van der Waals surface area contributed by atoms with Gasteiger partial charge in [0.05, 0.1) is 18.8 Å². The van der Waals surface area contributed by atoms with Gasteiger partial charge in [0.2, 0.25) is 0 Å². The summed E-state index contributed by atoms with van der Waals surface area (Å²) in [6.45, 7) is -1.20. The van der Waals surface area contributed by atoms with Gasteiger partial charge in [-0.2, -0.15) is 35.1 Å². The van der Waals surface area contributed by atoms with E-state index in [1.54, 1.807) is 0 Å². The Morgan fingerprint density at radius 1 is 0.885 bits per heavy atom. The zero-order valence-electron chi connectivity index (χ0n) is 13.0. The predicted octanol–water partition coefficient (Wildman–Crippen LogP) is 3.19. The maximum absolute atomic E-state index is 12.5. The summed E-state index contributed by atoms with van der Waals surface area (Å²) in [5.41, 5.74) is -0.535. The van der Waals surface area contributed by atoms with Crippen molar-refractivity contribution in [3.8, 4) is 0 Å². The van der Waals surface area contributed by atoms with Gasteiger partial charge in [0.25, 0.3) is 0 Å². The minimum Gasteiger partial charge on any atom is -0.463 e.